The van der Waals surface area contributed by atoms with Crippen LogP contribution in [0.15, 0.2) is 71.5 Å². The van der Waals surface area contributed by atoms with Gasteiger partial charge in [-0.05, 0) is 30.0 Å². The van der Waals surface area contributed by atoms with Gasteiger partial charge in [-0.15, -0.1) is 0 Å². The van der Waals surface area contributed by atoms with E-state index in [0.29, 0.717) is 34.6 Å². The number of aromatic nitrogens is 1. The first-order valence-corrected chi connectivity index (χ1v) is 10.1. The van der Waals surface area contributed by atoms with Gasteiger partial charge in [0.05, 0.1) is 17.5 Å². The molecular weight excluding hydrogens is 390 g/mol. The Morgan fingerprint density at radius 1 is 1.16 bits per heavy atom. The number of anilines is 2. The maximum Gasteiger partial charge on any atom is 0.245 e. The Hall–Kier alpha value is -3.92. The van der Waals surface area contributed by atoms with Crippen molar-refractivity contribution in [2.75, 3.05) is 10.2 Å². The van der Waals surface area contributed by atoms with Crippen LogP contribution < -0.4 is 16.0 Å². The van der Waals surface area contributed by atoms with E-state index in [-0.39, 0.29) is 29.0 Å². The number of Topliss-reactive ketones (excluding diaryl/α,β-unsaturated/α-hetero) is 1. The number of nitriles is 1. The van der Waals surface area contributed by atoms with Crippen molar-refractivity contribution in [1.82, 2.24) is 4.98 Å². The van der Waals surface area contributed by atoms with Crippen LogP contribution in [-0.2, 0) is 15.0 Å². The predicted molar refractivity (Wildman–Crippen MR) is 115 cm³/mol. The van der Waals surface area contributed by atoms with Gasteiger partial charge >= 0.3 is 0 Å². The number of amides is 1. The Morgan fingerprint density at radius 2 is 1.94 bits per heavy atom. The molecule has 0 bridgehead atoms. The second-order valence-electron chi connectivity index (χ2n) is 8.93. The van der Waals surface area contributed by atoms with Gasteiger partial charge in [0.15, 0.2) is 5.78 Å². The summed E-state index contributed by atoms with van der Waals surface area (Å²) in [5.74, 6) is -0.418. The van der Waals surface area contributed by atoms with E-state index in [4.69, 9.17) is 5.73 Å². The molecule has 1 amide bonds. The van der Waals surface area contributed by atoms with E-state index in [1.54, 1.807) is 41.6 Å². The van der Waals surface area contributed by atoms with E-state index in [2.05, 4.69) is 16.4 Å². The molecule has 3 heterocycles. The van der Waals surface area contributed by atoms with Crippen LogP contribution in [0.25, 0.3) is 0 Å². The Bertz CT molecular complexity index is 1250. The number of nitrogens with one attached hydrogen (secondary N) is 1. The second-order valence-corrected chi connectivity index (χ2v) is 8.93. The van der Waals surface area contributed by atoms with Gasteiger partial charge in [-0.2, -0.15) is 5.26 Å². The van der Waals surface area contributed by atoms with E-state index in [9.17, 15) is 14.9 Å². The zero-order valence-electron chi connectivity index (χ0n) is 17.3. The number of hydrogen-bond acceptors (Lipinski definition) is 6. The lowest BCUT2D eigenvalue weighted by Crippen LogP contribution is -2.52. The van der Waals surface area contributed by atoms with Crippen LogP contribution in [0.4, 0.5) is 11.4 Å². The molecule has 0 radical (unpaired) electrons. The highest BCUT2D eigenvalue weighted by molar-refractivity contribution is 6.20. The zero-order valence-corrected chi connectivity index (χ0v) is 17.3. The minimum atomic E-state index is -1.54. The number of allylic oxidation sites excluding steroid dienone is 1. The first-order valence-electron chi connectivity index (χ1n) is 10.1. The summed E-state index contributed by atoms with van der Waals surface area (Å²) >= 11 is 0. The molecule has 0 saturated carbocycles. The number of carbonyl (C=O) groups is 2. The minimum Gasteiger partial charge on any atom is -0.384 e. The molecule has 7 nitrogen and oxygen atoms in total. The lowest BCUT2D eigenvalue weighted by Gasteiger charge is -2.46. The highest BCUT2D eigenvalue weighted by Gasteiger charge is 2.61. The molecule has 31 heavy (non-hydrogen) atoms. The summed E-state index contributed by atoms with van der Waals surface area (Å²) in [6.45, 7) is 4.04. The number of pyridine rings is 1. The number of carbonyl (C=O) groups excluding carboxylic acids is 2. The van der Waals surface area contributed by atoms with Crippen molar-refractivity contribution in [1.29, 1.82) is 5.26 Å². The summed E-state index contributed by atoms with van der Waals surface area (Å²) in [6.07, 6.45) is 4.09. The fraction of sp³-hybridized carbons (Fsp3) is 0.250. The molecule has 154 valence electrons. The molecule has 2 aromatic rings. The predicted octanol–water partition coefficient (Wildman–Crippen LogP) is 3.13. The van der Waals surface area contributed by atoms with Gasteiger partial charge in [-0.1, -0.05) is 32.0 Å². The van der Waals surface area contributed by atoms with Gasteiger partial charge in [0, 0.05) is 35.1 Å². The Balaban J connectivity index is 1.91. The van der Waals surface area contributed by atoms with E-state index >= 15 is 0 Å². The largest absolute Gasteiger partial charge is 0.384 e. The van der Waals surface area contributed by atoms with Crippen LogP contribution in [0.2, 0.25) is 0 Å². The number of benzene rings is 1. The molecule has 0 unspecified atom stereocenters. The van der Waals surface area contributed by atoms with Crippen molar-refractivity contribution in [2.45, 2.75) is 32.1 Å². The normalized spacial score (nSPS) is 24.1. The number of rotatable bonds is 1. The summed E-state index contributed by atoms with van der Waals surface area (Å²) in [5, 5.41) is 13.1. The molecule has 1 aromatic carbocycles. The summed E-state index contributed by atoms with van der Waals surface area (Å²) in [5.41, 5.74) is 7.62. The molecule has 1 atom stereocenters. The molecule has 1 aromatic heterocycles. The van der Waals surface area contributed by atoms with Crippen molar-refractivity contribution in [3.8, 4) is 6.07 Å². The zero-order chi connectivity index (χ0) is 22.0. The van der Waals surface area contributed by atoms with Crippen molar-refractivity contribution in [3.63, 3.8) is 0 Å². The average molecular weight is 411 g/mol. The quantitative estimate of drug-likeness (QED) is 0.746. The van der Waals surface area contributed by atoms with Gasteiger partial charge < -0.3 is 11.1 Å². The average Bonchev–Trinajstić information content (AvgIpc) is 3.00. The van der Waals surface area contributed by atoms with Gasteiger partial charge in [-0.25, -0.2) is 0 Å². The molecule has 1 spiro atoms. The van der Waals surface area contributed by atoms with Crippen LogP contribution in [0.1, 0.15) is 32.3 Å². The van der Waals surface area contributed by atoms with Crippen LogP contribution in [0.5, 0.6) is 0 Å². The third-order valence-electron chi connectivity index (χ3n) is 6.31. The highest BCUT2D eigenvalue weighted by Crippen LogP contribution is 2.56. The SMILES string of the molecule is CC1(C)CC(=O)C2=C(C1)N(c1cccnc1)C(N)=C(C#N)[C@]21C(=O)Nc2ccccc21. The molecule has 1 aliphatic carbocycles. The second kappa shape index (κ2) is 6.29. The molecular formula is C24H21N5O2. The van der Waals surface area contributed by atoms with Crippen LogP contribution >= 0.6 is 0 Å². The Labute approximate surface area is 179 Å². The fourth-order valence-corrected chi connectivity index (χ4v) is 5.15. The molecule has 7 heteroatoms. The molecule has 3 aliphatic rings. The monoisotopic (exact) mass is 411 g/mol. The van der Waals surface area contributed by atoms with Gasteiger partial charge in [0.1, 0.15) is 17.3 Å². The first-order chi connectivity index (χ1) is 14.8. The van der Waals surface area contributed by atoms with Crippen molar-refractivity contribution in [2.24, 2.45) is 11.1 Å². The number of fused-ring (bicyclic) bond motifs is 3. The van der Waals surface area contributed by atoms with E-state index in [1.165, 1.54) is 0 Å². The van der Waals surface area contributed by atoms with Crippen molar-refractivity contribution < 1.29 is 9.59 Å². The van der Waals surface area contributed by atoms with Crippen molar-refractivity contribution >= 4 is 23.1 Å². The lowest BCUT2D eigenvalue weighted by atomic mass is 9.61. The third-order valence-corrected chi connectivity index (χ3v) is 6.31. The number of nitrogens with zero attached hydrogens (tertiary/aromatic N) is 3. The summed E-state index contributed by atoms with van der Waals surface area (Å²) in [4.78, 5) is 33.1. The molecule has 2 aliphatic heterocycles. The van der Waals surface area contributed by atoms with E-state index < -0.39 is 11.3 Å². The lowest BCUT2D eigenvalue weighted by molar-refractivity contribution is -0.123. The summed E-state index contributed by atoms with van der Waals surface area (Å²) in [6, 6.07) is 12.9. The summed E-state index contributed by atoms with van der Waals surface area (Å²) in [7, 11) is 0. The van der Waals surface area contributed by atoms with Crippen molar-refractivity contribution in [3.05, 3.63) is 77.0 Å². The van der Waals surface area contributed by atoms with Gasteiger partial charge in [-0.3, -0.25) is 19.5 Å². The van der Waals surface area contributed by atoms with Gasteiger partial charge in [0.25, 0.3) is 0 Å². The molecule has 0 fully saturated rings. The standard InChI is InChI=1S/C24H21N5O2/c1-23(2)10-18-20(19(30)11-23)24(15-7-3-4-8-17(15)28-22(24)31)16(12-25)21(26)29(18)14-6-5-9-27-13-14/h3-9,13H,10-11,26H2,1-2H3,(H,28,31)/t24-/m0/s1. The smallest absolute Gasteiger partial charge is 0.245 e. The minimum absolute atomic E-state index is 0.0607. The Kier molecular flexibility index (Phi) is 3.87. The summed E-state index contributed by atoms with van der Waals surface area (Å²) < 4.78 is 0. The van der Waals surface area contributed by atoms with Crippen LogP contribution in [-0.4, -0.2) is 16.7 Å². The fourth-order valence-electron chi connectivity index (χ4n) is 5.15. The van der Waals surface area contributed by atoms with E-state index in [0.717, 1.165) is 0 Å². The number of nitrogens with two attached hydrogens (primary N) is 1. The van der Waals surface area contributed by atoms with Gasteiger partial charge in [0.2, 0.25) is 5.91 Å². The third kappa shape index (κ3) is 2.42. The Morgan fingerprint density at radius 3 is 2.65 bits per heavy atom. The van der Waals surface area contributed by atoms with Crippen LogP contribution in [0, 0.1) is 16.7 Å². The number of para-hydroxylation sites is 1. The van der Waals surface area contributed by atoms with E-state index in [1.807, 2.05) is 26.0 Å². The topological polar surface area (TPSA) is 112 Å². The molecule has 0 saturated heterocycles. The maximum absolute atomic E-state index is 13.7. The number of hydrogen-bond donors (Lipinski definition) is 2. The highest BCUT2D eigenvalue weighted by atomic mass is 16.2. The number of ketones is 1. The molecule has 3 N–H and O–H groups in total. The molecule has 5 rings (SSSR count). The van der Waals surface area contributed by atoms with Crippen LogP contribution in [0.3, 0.4) is 0 Å². The first kappa shape index (κ1) is 19.1. The maximum atomic E-state index is 13.7.